The van der Waals surface area contributed by atoms with E-state index in [-0.39, 0.29) is 24.5 Å². The molecule has 14 heteroatoms. The highest BCUT2D eigenvalue weighted by atomic mass is 35.5. The lowest BCUT2D eigenvalue weighted by Gasteiger charge is -2.21. The van der Waals surface area contributed by atoms with Gasteiger partial charge in [0.1, 0.15) is 0 Å². The Bertz CT molecular complexity index is 808. The Balaban J connectivity index is 0.00000420. The molecule has 0 saturated carbocycles. The molecule has 0 unspecified atom stereocenters. The van der Waals surface area contributed by atoms with Gasteiger partial charge in [-0.2, -0.15) is 27.1 Å². The van der Waals surface area contributed by atoms with Crippen molar-refractivity contribution in [3.63, 3.8) is 0 Å². The molecule has 0 spiro atoms. The van der Waals surface area contributed by atoms with E-state index in [1.54, 1.807) is 0 Å². The zero-order valence-electron chi connectivity index (χ0n) is 14.2. The number of hydrogen-bond donors (Lipinski definition) is 1. The summed E-state index contributed by atoms with van der Waals surface area (Å²) in [6, 6.07) is 2.72. The van der Waals surface area contributed by atoms with Gasteiger partial charge >= 0.3 is 18.5 Å². The molecule has 0 atom stereocenters. The van der Waals surface area contributed by atoms with Gasteiger partial charge in [0.2, 0.25) is 0 Å². The lowest BCUT2D eigenvalue weighted by Crippen LogP contribution is -2.41. The van der Waals surface area contributed by atoms with Crippen molar-refractivity contribution in [1.82, 2.24) is 9.78 Å². The van der Waals surface area contributed by atoms with Crippen molar-refractivity contribution >= 4 is 12.4 Å². The van der Waals surface area contributed by atoms with Crippen LogP contribution in [0, 0.1) is 0 Å². The zero-order valence-corrected chi connectivity index (χ0v) is 15.0. The van der Waals surface area contributed by atoms with Gasteiger partial charge < -0.3 is 15.2 Å². The SMILES string of the molecule is Cl.NCCn1cc(-c2ccc(OC(F)(F)F)c(OCC(F)(F)C(F)(F)F)c2)cn1. The van der Waals surface area contributed by atoms with Crippen molar-refractivity contribution in [2.75, 3.05) is 13.2 Å². The van der Waals surface area contributed by atoms with Crippen LogP contribution in [0.15, 0.2) is 30.6 Å². The molecule has 0 aliphatic carbocycles. The summed E-state index contributed by atoms with van der Waals surface area (Å²) in [5.41, 5.74) is 5.86. The average Bonchev–Trinajstić information content (AvgIpc) is 3.00. The first kappa shape index (κ1) is 24.8. The van der Waals surface area contributed by atoms with Gasteiger partial charge in [0.15, 0.2) is 18.1 Å². The van der Waals surface area contributed by atoms with E-state index in [0.29, 0.717) is 12.1 Å². The molecule has 5 nitrogen and oxygen atoms in total. The van der Waals surface area contributed by atoms with Gasteiger partial charge in [-0.15, -0.1) is 25.6 Å². The Labute approximate surface area is 164 Å². The average molecular weight is 456 g/mol. The molecule has 0 fully saturated rings. The van der Waals surface area contributed by atoms with Gasteiger partial charge in [0.25, 0.3) is 0 Å². The van der Waals surface area contributed by atoms with Crippen molar-refractivity contribution in [2.45, 2.75) is 25.0 Å². The van der Waals surface area contributed by atoms with E-state index in [9.17, 15) is 35.1 Å². The van der Waals surface area contributed by atoms with Gasteiger partial charge in [-0.3, -0.25) is 4.68 Å². The van der Waals surface area contributed by atoms with Crippen LogP contribution in [0.1, 0.15) is 0 Å². The van der Waals surface area contributed by atoms with Crippen molar-refractivity contribution in [3.8, 4) is 22.6 Å². The molecule has 2 aromatic rings. The largest absolute Gasteiger partial charge is 0.573 e. The molecule has 1 aromatic heterocycles. The Morgan fingerprint density at radius 3 is 2.17 bits per heavy atom. The van der Waals surface area contributed by atoms with Crippen LogP contribution in [0.2, 0.25) is 0 Å². The quantitative estimate of drug-likeness (QED) is 0.628. The molecule has 164 valence electrons. The van der Waals surface area contributed by atoms with Crippen LogP contribution in [-0.4, -0.2) is 41.4 Å². The van der Waals surface area contributed by atoms with Crippen LogP contribution in [0.5, 0.6) is 11.5 Å². The summed E-state index contributed by atoms with van der Waals surface area (Å²) in [5.74, 6) is -7.28. The molecule has 1 aromatic carbocycles. The van der Waals surface area contributed by atoms with E-state index in [4.69, 9.17) is 5.73 Å². The summed E-state index contributed by atoms with van der Waals surface area (Å²) in [7, 11) is 0. The van der Waals surface area contributed by atoms with Crippen molar-refractivity contribution < 1.29 is 44.6 Å². The number of nitrogens with zero attached hydrogens (tertiary/aromatic N) is 2. The smallest absolute Gasteiger partial charge is 0.483 e. The predicted octanol–water partition coefficient (Wildman–Crippen LogP) is 4.41. The Hall–Kier alpha value is -2.28. The van der Waals surface area contributed by atoms with Gasteiger partial charge in [-0.05, 0) is 17.7 Å². The Morgan fingerprint density at radius 2 is 1.62 bits per heavy atom. The maximum atomic E-state index is 13.1. The van der Waals surface area contributed by atoms with Crippen LogP contribution in [0.25, 0.3) is 11.1 Å². The third kappa shape index (κ3) is 6.63. The Morgan fingerprint density at radius 1 is 0.966 bits per heavy atom. The topological polar surface area (TPSA) is 62.3 Å². The Kier molecular flexibility index (Phi) is 7.71. The van der Waals surface area contributed by atoms with E-state index >= 15 is 0 Å². The minimum absolute atomic E-state index is 0. The van der Waals surface area contributed by atoms with E-state index in [1.165, 1.54) is 17.1 Å². The zero-order chi connectivity index (χ0) is 21.2. The van der Waals surface area contributed by atoms with E-state index in [1.807, 2.05) is 0 Å². The molecule has 0 aliphatic heterocycles. The van der Waals surface area contributed by atoms with Gasteiger partial charge in [-0.25, -0.2) is 0 Å². The number of alkyl halides is 8. The van der Waals surface area contributed by atoms with Crippen LogP contribution < -0.4 is 15.2 Å². The summed E-state index contributed by atoms with van der Waals surface area (Å²) in [6.07, 6.45) is -8.37. The number of halogens is 9. The molecular formula is C15H14ClF8N3O2. The third-order valence-electron chi connectivity index (χ3n) is 3.32. The maximum absolute atomic E-state index is 13.1. The lowest BCUT2D eigenvalue weighted by atomic mass is 10.1. The number of nitrogens with two attached hydrogens (primary N) is 1. The molecule has 29 heavy (non-hydrogen) atoms. The first-order valence-electron chi connectivity index (χ1n) is 7.52. The number of aromatic nitrogens is 2. The summed E-state index contributed by atoms with van der Waals surface area (Å²) >= 11 is 0. The lowest BCUT2D eigenvalue weighted by molar-refractivity contribution is -0.291. The maximum Gasteiger partial charge on any atom is 0.573 e. The van der Waals surface area contributed by atoms with Gasteiger partial charge in [0, 0.05) is 18.3 Å². The highest BCUT2D eigenvalue weighted by molar-refractivity contribution is 5.85. The number of benzene rings is 1. The molecule has 2 rings (SSSR count). The molecule has 2 N–H and O–H groups in total. The standard InChI is InChI=1S/C15H13F8N3O2.ClH/c16-13(17,14(18,19)20)8-27-12-5-9(1-2-11(12)28-15(21,22)23)10-6-25-26(7-10)4-3-24;/h1-2,5-7H,3-4,8,24H2;1H. The summed E-state index contributed by atoms with van der Waals surface area (Å²) < 4.78 is 110. The molecule has 0 aliphatic rings. The van der Waals surface area contributed by atoms with Crippen LogP contribution in [-0.2, 0) is 6.54 Å². The normalized spacial score (nSPS) is 12.4. The first-order valence-corrected chi connectivity index (χ1v) is 7.52. The number of hydrogen-bond acceptors (Lipinski definition) is 4. The molecule has 1 heterocycles. The van der Waals surface area contributed by atoms with Gasteiger partial charge in [0.05, 0.1) is 12.7 Å². The molecule has 0 amide bonds. The fourth-order valence-corrected chi connectivity index (χ4v) is 2.03. The molecular weight excluding hydrogens is 442 g/mol. The molecule has 0 radical (unpaired) electrons. The first-order chi connectivity index (χ1) is 12.8. The van der Waals surface area contributed by atoms with E-state index in [0.717, 1.165) is 18.2 Å². The minimum atomic E-state index is -5.93. The molecule has 0 saturated heterocycles. The van der Waals surface area contributed by atoms with Crippen LogP contribution in [0.4, 0.5) is 35.1 Å². The van der Waals surface area contributed by atoms with Crippen molar-refractivity contribution in [1.29, 1.82) is 0 Å². The second-order valence-electron chi connectivity index (χ2n) is 5.48. The van der Waals surface area contributed by atoms with E-state index in [2.05, 4.69) is 14.6 Å². The summed E-state index contributed by atoms with van der Waals surface area (Å²) in [5, 5.41) is 3.93. The summed E-state index contributed by atoms with van der Waals surface area (Å²) in [6.45, 7) is -1.64. The fraction of sp³-hybridized carbons (Fsp3) is 0.400. The third-order valence-corrected chi connectivity index (χ3v) is 3.32. The second-order valence-corrected chi connectivity index (χ2v) is 5.48. The fourth-order valence-electron chi connectivity index (χ4n) is 2.03. The number of rotatable bonds is 7. The highest BCUT2D eigenvalue weighted by Gasteiger charge is 2.58. The molecule has 0 bridgehead atoms. The minimum Gasteiger partial charge on any atom is -0.483 e. The van der Waals surface area contributed by atoms with Gasteiger partial charge in [-0.1, -0.05) is 6.07 Å². The monoisotopic (exact) mass is 455 g/mol. The van der Waals surface area contributed by atoms with Crippen molar-refractivity contribution in [2.24, 2.45) is 5.73 Å². The van der Waals surface area contributed by atoms with Crippen molar-refractivity contribution in [3.05, 3.63) is 30.6 Å². The second kappa shape index (κ2) is 9.03. The number of ether oxygens (including phenoxy) is 2. The van der Waals surface area contributed by atoms with E-state index < -0.39 is 36.6 Å². The highest BCUT2D eigenvalue weighted by Crippen LogP contribution is 2.39. The van der Waals surface area contributed by atoms with Crippen LogP contribution in [0.3, 0.4) is 0 Å². The summed E-state index contributed by atoms with van der Waals surface area (Å²) in [4.78, 5) is 0. The van der Waals surface area contributed by atoms with Crippen LogP contribution >= 0.6 is 12.4 Å². The predicted molar refractivity (Wildman–Crippen MR) is 87.1 cm³/mol.